The van der Waals surface area contributed by atoms with Crippen LogP contribution in [-0.4, -0.2) is 44.3 Å². The molecular weight excluding hydrogens is 428 g/mol. The molecule has 3 aliphatic rings. The maximum atomic E-state index is 13.0. The van der Waals surface area contributed by atoms with Crippen LogP contribution in [0, 0.1) is 0 Å². The van der Waals surface area contributed by atoms with E-state index in [1.165, 1.54) is 12.8 Å². The van der Waals surface area contributed by atoms with Crippen LogP contribution in [0.25, 0.3) is 11.0 Å². The first-order valence-corrected chi connectivity index (χ1v) is 12.5. The van der Waals surface area contributed by atoms with Gasteiger partial charge in [-0.2, -0.15) is 4.98 Å². The summed E-state index contributed by atoms with van der Waals surface area (Å²) >= 11 is 0. The molecule has 8 nitrogen and oxygen atoms in total. The number of piperidine rings is 1. The van der Waals surface area contributed by atoms with Crippen LogP contribution >= 0.6 is 0 Å². The van der Waals surface area contributed by atoms with Crippen molar-refractivity contribution < 1.29 is 9.59 Å². The van der Waals surface area contributed by atoms with E-state index in [2.05, 4.69) is 26.3 Å². The largest absolute Gasteiger partial charge is 0.348 e. The molecule has 1 spiro atoms. The van der Waals surface area contributed by atoms with Crippen LogP contribution in [0.3, 0.4) is 0 Å². The number of anilines is 2. The van der Waals surface area contributed by atoms with Gasteiger partial charge in [-0.25, -0.2) is 4.98 Å². The predicted octanol–water partition coefficient (Wildman–Crippen LogP) is 4.09. The standard InChI is InChI=1S/C26H30N6O2/c33-23(31-13-5-2-6-14-31)18-7-9-20(10-8-18)29-25-28-16-19-15-21-17-27-24(34)26(11-3-1-4-12-26)32(21)22(19)30-25/h7-10,15-16H,1-6,11-14,17H2,(H,27,34)(H,28,29,30). The number of nitrogens with zero attached hydrogens (tertiary/aromatic N) is 4. The summed E-state index contributed by atoms with van der Waals surface area (Å²) in [5.41, 5.74) is 2.87. The summed E-state index contributed by atoms with van der Waals surface area (Å²) in [4.78, 5) is 37.1. The van der Waals surface area contributed by atoms with Crippen molar-refractivity contribution in [1.82, 2.24) is 24.8 Å². The fraction of sp³-hybridized carbons (Fsp3) is 0.462. The van der Waals surface area contributed by atoms with E-state index >= 15 is 0 Å². The van der Waals surface area contributed by atoms with Gasteiger partial charge in [0.25, 0.3) is 5.91 Å². The predicted molar refractivity (Wildman–Crippen MR) is 130 cm³/mol. The van der Waals surface area contributed by atoms with E-state index in [-0.39, 0.29) is 11.8 Å². The van der Waals surface area contributed by atoms with Crippen LogP contribution in [0.2, 0.25) is 0 Å². The third-order valence-electron chi connectivity index (χ3n) is 7.61. The number of likely N-dealkylation sites (tertiary alicyclic amines) is 1. The molecule has 4 heterocycles. The Bertz CT molecular complexity index is 1240. The lowest BCUT2D eigenvalue weighted by atomic mass is 9.79. The Labute approximate surface area is 198 Å². The van der Waals surface area contributed by atoms with Gasteiger partial charge >= 0.3 is 0 Å². The molecule has 2 fully saturated rings. The minimum atomic E-state index is -0.546. The first kappa shape index (κ1) is 21.1. The van der Waals surface area contributed by atoms with Crippen molar-refractivity contribution in [2.24, 2.45) is 0 Å². The van der Waals surface area contributed by atoms with E-state index in [0.717, 1.165) is 74.0 Å². The number of aromatic nitrogens is 3. The summed E-state index contributed by atoms with van der Waals surface area (Å²) in [6.07, 6.45) is 10.1. The van der Waals surface area contributed by atoms with Crippen LogP contribution < -0.4 is 10.6 Å². The fourth-order valence-corrected chi connectivity index (χ4v) is 5.84. The maximum absolute atomic E-state index is 13.0. The van der Waals surface area contributed by atoms with E-state index < -0.39 is 5.54 Å². The molecule has 0 bridgehead atoms. The molecule has 6 rings (SSSR count). The monoisotopic (exact) mass is 458 g/mol. The molecule has 34 heavy (non-hydrogen) atoms. The average molecular weight is 459 g/mol. The van der Waals surface area contributed by atoms with Crippen LogP contribution in [0.4, 0.5) is 11.6 Å². The summed E-state index contributed by atoms with van der Waals surface area (Å²) in [5.74, 6) is 0.694. The number of amides is 2. The molecule has 1 saturated heterocycles. The van der Waals surface area contributed by atoms with Crippen molar-refractivity contribution in [3.05, 3.63) is 47.8 Å². The second kappa shape index (κ2) is 8.42. The highest BCUT2D eigenvalue weighted by molar-refractivity contribution is 5.94. The summed E-state index contributed by atoms with van der Waals surface area (Å²) in [6, 6.07) is 9.61. The summed E-state index contributed by atoms with van der Waals surface area (Å²) < 4.78 is 2.17. The van der Waals surface area contributed by atoms with Gasteiger partial charge in [0, 0.05) is 41.6 Å². The highest BCUT2D eigenvalue weighted by Gasteiger charge is 2.45. The smallest absolute Gasteiger partial charge is 0.253 e. The van der Waals surface area contributed by atoms with Crippen molar-refractivity contribution in [2.45, 2.75) is 63.5 Å². The quantitative estimate of drug-likeness (QED) is 0.617. The van der Waals surface area contributed by atoms with Crippen molar-refractivity contribution in [3.8, 4) is 0 Å². The lowest BCUT2D eigenvalue weighted by molar-refractivity contribution is -0.133. The number of fused-ring (bicyclic) bond motifs is 4. The Kier molecular flexibility index (Phi) is 5.23. The van der Waals surface area contributed by atoms with Gasteiger partial charge in [0.1, 0.15) is 11.2 Å². The first-order chi connectivity index (χ1) is 16.6. The van der Waals surface area contributed by atoms with Gasteiger partial charge in [-0.3, -0.25) is 9.59 Å². The third-order valence-corrected chi connectivity index (χ3v) is 7.61. The lowest BCUT2D eigenvalue weighted by Crippen LogP contribution is -2.54. The molecule has 1 saturated carbocycles. The molecular formula is C26H30N6O2. The Morgan fingerprint density at radius 1 is 1.00 bits per heavy atom. The fourth-order valence-electron chi connectivity index (χ4n) is 5.84. The Balaban J connectivity index is 1.28. The van der Waals surface area contributed by atoms with Gasteiger partial charge in [0.15, 0.2) is 0 Å². The SMILES string of the molecule is O=C(c1ccc(Nc2ncc3cc4n(c3n2)C2(CCCCC2)C(=O)NC4)cc1)N1CCCCC1. The highest BCUT2D eigenvalue weighted by Crippen LogP contribution is 2.41. The molecule has 0 unspecified atom stereocenters. The zero-order valence-corrected chi connectivity index (χ0v) is 19.3. The number of benzene rings is 1. The van der Waals surface area contributed by atoms with Crippen LogP contribution in [0.1, 0.15) is 67.4 Å². The third kappa shape index (κ3) is 3.52. The first-order valence-electron chi connectivity index (χ1n) is 12.5. The van der Waals surface area contributed by atoms with E-state index in [4.69, 9.17) is 4.98 Å². The molecule has 0 atom stereocenters. The molecule has 2 amide bonds. The van der Waals surface area contributed by atoms with E-state index in [1.54, 1.807) is 0 Å². The van der Waals surface area contributed by atoms with Gasteiger partial charge in [-0.15, -0.1) is 0 Å². The molecule has 2 aliphatic heterocycles. The second-order valence-corrected chi connectivity index (χ2v) is 9.77. The van der Waals surface area contributed by atoms with Gasteiger partial charge in [0.05, 0.1) is 6.54 Å². The Hall–Kier alpha value is -3.42. The molecule has 1 aliphatic carbocycles. The van der Waals surface area contributed by atoms with Crippen LogP contribution in [0.15, 0.2) is 36.5 Å². The molecule has 3 aromatic rings. The summed E-state index contributed by atoms with van der Waals surface area (Å²) in [6.45, 7) is 2.20. The topological polar surface area (TPSA) is 92.1 Å². The van der Waals surface area contributed by atoms with Crippen molar-refractivity contribution >= 4 is 34.5 Å². The van der Waals surface area contributed by atoms with Crippen LogP contribution in [-0.2, 0) is 16.9 Å². The van der Waals surface area contributed by atoms with Gasteiger partial charge in [-0.1, -0.05) is 19.3 Å². The summed E-state index contributed by atoms with van der Waals surface area (Å²) in [7, 11) is 0. The minimum absolute atomic E-state index is 0.0970. The lowest BCUT2D eigenvalue weighted by Gasteiger charge is -2.41. The normalized spacial score (nSPS) is 19.6. The summed E-state index contributed by atoms with van der Waals surface area (Å²) in [5, 5.41) is 7.33. The number of carbonyl (C=O) groups is 2. The zero-order valence-electron chi connectivity index (χ0n) is 19.3. The number of rotatable bonds is 3. The van der Waals surface area contributed by atoms with E-state index in [0.29, 0.717) is 18.1 Å². The highest BCUT2D eigenvalue weighted by atomic mass is 16.2. The maximum Gasteiger partial charge on any atom is 0.253 e. The molecule has 176 valence electrons. The number of carbonyl (C=O) groups excluding carboxylic acids is 2. The molecule has 2 N–H and O–H groups in total. The van der Waals surface area contributed by atoms with E-state index in [9.17, 15) is 9.59 Å². The minimum Gasteiger partial charge on any atom is -0.348 e. The molecule has 1 aromatic carbocycles. The number of hydrogen-bond donors (Lipinski definition) is 2. The van der Waals surface area contributed by atoms with Crippen molar-refractivity contribution in [2.75, 3.05) is 18.4 Å². The molecule has 0 radical (unpaired) electrons. The van der Waals surface area contributed by atoms with E-state index in [1.807, 2.05) is 35.4 Å². The molecule has 2 aromatic heterocycles. The van der Waals surface area contributed by atoms with Gasteiger partial charge in [-0.05, 0) is 62.4 Å². The molecule has 8 heteroatoms. The second-order valence-electron chi connectivity index (χ2n) is 9.77. The van der Waals surface area contributed by atoms with Crippen LogP contribution in [0.5, 0.6) is 0 Å². The van der Waals surface area contributed by atoms with Gasteiger partial charge < -0.3 is 20.1 Å². The van der Waals surface area contributed by atoms with Crippen molar-refractivity contribution in [1.29, 1.82) is 0 Å². The Morgan fingerprint density at radius 3 is 2.50 bits per heavy atom. The van der Waals surface area contributed by atoms with Gasteiger partial charge in [0.2, 0.25) is 11.9 Å². The average Bonchev–Trinajstić information content (AvgIpc) is 3.26. The van der Waals surface area contributed by atoms with Crippen molar-refractivity contribution in [3.63, 3.8) is 0 Å². The Morgan fingerprint density at radius 2 is 1.74 bits per heavy atom. The number of nitrogens with one attached hydrogen (secondary N) is 2. The zero-order chi connectivity index (χ0) is 23.1. The number of hydrogen-bond acceptors (Lipinski definition) is 5.